The predicted octanol–water partition coefficient (Wildman–Crippen LogP) is 1.54. The molecule has 1 aromatic carbocycles. The summed E-state index contributed by atoms with van der Waals surface area (Å²) in [4.78, 5) is 86.2. The van der Waals surface area contributed by atoms with Crippen molar-refractivity contribution in [2.45, 2.75) is 33.8 Å². The number of anilines is 1. The van der Waals surface area contributed by atoms with Crippen LogP contribution in [0.4, 0.5) is 5.69 Å². The molecule has 0 aliphatic rings. The molecular formula is C24H28I3N3O11. The summed E-state index contributed by atoms with van der Waals surface area (Å²) in [5, 5.41) is 5.12. The maximum Gasteiger partial charge on any atom is 0.303 e. The van der Waals surface area contributed by atoms with E-state index in [4.69, 9.17) is 18.9 Å². The first kappa shape index (κ1) is 36.7. The van der Waals surface area contributed by atoms with Crippen LogP contribution in [0.3, 0.4) is 0 Å². The molecule has 226 valence electrons. The van der Waals surface area contributed by atoms with Gasteiger partial charge in [-0.05, 0) is 67.8 Å². The van der Waals surface area contributed by atoms with Crippen LogP contribution in [0.2, 0.25) is 0 Å². The Morgan fingerprint density at radius 2 is 1.29 bits per heavy atom. The van der Waals surface area contributed by atoms with E-state index in [2.05, 4.69) is 10.6 Å². The molecule has 17 heteroatoms. The van der Waals surface area contributed by atoms with Crippen LogP contribution in [0, 0.1) is 10.7 Å². The van der Waals surface area contributed by atoms with Crippen molar-refractivity contribution < 1.29 is 52.5 Å². The fourth-order valence-electron chi connectivity index (χ4n) is 3.17. The van der Waals surface area contributed by atoms with E-state index >= 15 is 0 Å². The van der Waals surface area contributed by atoms with Crippen LogP contribution < -0.4 is 15.5 Å². The molecule has 1 unspecified atom stereocenters. The third-order valence-electron chi connectivity index (χ3n) is 4.86. The first-order chi connectivity index (χ1) is 19.1. The summed E-state index contributed by atoms with van der Waals surface area (Å²) >= 11 is 5.56. The third-order valence-corrected chi connectivity index (χ3v) is 8.04. The Morgan fingerprint density at radius 3 is 1.78 bits per heavy atom. The van der Waals surface area contributed by atoms with Crippen molar-refractivity contribution >= 4 is 115 Å². The van der Waals surface area contributed by atoms with Crippen molar-refractivity contribution in [3.8, 4) is 0 Å². The number of hydrogen-bond donors (Lipinski definition) is 2. The highest BCUT2D eigenvalue weighted by Gasteiger charge is 2.32. The standard InChI is InChI=1S/C24H28I3N3O11/c1-11(31)38-7-6-30(16(35)10-40-13(3)33)22-20(26)17(23(36)28-5)19(25)18(21(22)27)24(37)29-8-15(41-14(4)34)9-39-12(2)32/h15H,6-10H2,1-5H3,(H,28,36)(H,29,37). The Balaban J connectivity index is 3.67. The number of benzene rings is 1. The average molecular weight is 915 g/mol. The number of nitrogens with one attached hydrogen (secondary N) is 2. The van der Waals surface area contributed by atoms with E-state index in [1.54, 1.807) is 0 Å². The lowest BCUT2D eigenvalue weighted by molar-refractivity contribution is -0.155. The molecule has 0 saturated carbocycles. The van der Waals surface area contributed by atoms with Gasteiger partial charge in [0.15, 0.2) is 12.7 Å². The van der Waals surface area contributed by atoms with Crippen molar-refractivity contribution in [1.29, 1.82) is 0 Å². The Kier molecular flexibility index (Phi) is 15.8. The predicted molar refractivity (Wildman–Crippen MR) is 168 cm³/mol. The summed E-state index contributed by atoms with van der Waals surface area (Å²) in [5.74, 6) is -4.50. The van der Waals surface area contributed by atoms with Gasteiger partial charge in [0.2, 0.25) is 0 Å². The molecule has 2 N–H and O–H groups in total. The molecule has 0 radical (unpaired) electrons. The maximum atomic E-state index is 13.5. The van der Waals surface area contributed by atoms with E-state index in [0.29, 0.717) is 3.57 Å². The normalized spacial score (nSPS) is 11.0. The molecular weight excluding hydrogens is 887 g/mol. The number of nitrogens with zero attached hydrogens (tertiary/aromatic N) is 1. The molecule has 0 fully saturated rings. The van der Waals surface area contributed by atoms with E-state index in [9.17, 15) is 33.6 Å². The van der Waals surface area contributed by atoms with E-state index < -0.39 is 54.3 Å². The highest BCUT2D eigenvalue weighted by Crippen LogP contribution is 2.38. The summed E-state index contributed by atoms with van der Waals surface area (Å²) in [6.07, 6.45) is -0.997. The van der Waals surface area contributed by atoms with Crippen LogP contribution in [0.1, 0.15) is 48.4 Å². The molecule has 0 aromatic heterocycles. The first-order valence-corrected chi connectivity index (χ1v) is 14.9. The van der Waals surface area contributed by atoms with Gasteiger partial charge in [0, 0.05) is 38.3 Å². The van der Waals surface area contributed by atoms with Crippen LogP contribution in [0.25, 0.3) is 0 Å². The number of amides is 3. The van der Waals surface area contributed by atoms with Crippen LogP contribution >= 0.6 is 67.8 Å². The summed E-state index contributed by atoms with van der Waals surface area (Å²) in [5.41, 5.74) is 0.256. The second kappa shape index (κ2) is 17.6. The van der Waals surface area contributed by atoms with Gasteiger partial charge in [-0.1, -0.05) is 0 Å². The van der Waals surface area contributed by atoms with Gasteiger partial charge in [0.1, 0.15) is 13.2 Å². The number of carbonyl (C=O) groups is 7. The molecule has 1 atom stereocenters. The second-order valence-electron chi connectivity index (χ2n) is 8.03. The molecule has 1 aromatic rings. The molecule has 0 saturated heterocycles. The number of halogens is 3. The average Bonchev–Trinajstić information content (AvgIpc) is 2.87. The van der Waals surface area contributed by atoms with E-state index in [1.165, 1.54) is 20.9 Å². The number of hydrogen-bond acceptors (Lipinski definition) is 11. The lowest BCUT2D eigenvalue weighted by atomic mass is 10.1. The second-order valence-corrected chi connectivity index (χ2v) is 11.3. The van der Waals surface area contributed by atoms with Crippen molar-refractivity contribution in [3.05, 3.63) is 21.8 Å². The smallest absolute Gasteiger partial charge is 0.303 e. The molecule has 1 rings (SSSR count). The fourth-order valence-corrected chi connectivity index (χ4v) is 7.90. The minimum Gasteiger partial charge on any atom is -0.464 e. The topological polar surface area (TPSA) is 184 Å². The number of ether oxygens (including phenoxy) is 4. The minimum atomic E-state index is -0.997. The highest BCUT2D eigenvalue weighted by molar-refractivity contribution is 14.1. The van der Waals surface area contributed by atoms with Crippen molar-refractivity contribution in [2.75, 3.05) is 44.9 Å². The minimum absolute atomic E-state index is 0.0204. The molecule has 0 aliphatic heterocycles. The molecule has 0 aliphatic carbocycles. The Labute approximate surface area is 276 Å². The number of esters is 4. The van der Waals surface area contributed by atoms with Gasteiger partial charge in [-0.3, -0.25) is 33.6 Å². The number of rotatable bonds is 13. The quantitative estimate of drug-likeness (QED) is 0.166. The number of carbonyl (C=O) groups excluding carboxylic acids is 7. The molecule has 41 heavy (non-hydrogen) atoms. The molecule has 3 amide bonds. The fraction of sp³-hybridized carbons (Fsp3) is 0.458. The Morgan fingerprint density at radius 1 is 0.756 bits per heavy atom. The SMILES string of the molecule is CNC(=O)c1c(I)c(C(=O)NCC(COC(C)=O)OC(C)=O)c(I)c(N(CCOC(C)=O)C(=O)COC(C)=O)c1I. The largest absolute Gasteiger partial charge is 0.464 e. The first-order valence-electron chi connectivity index (χ1n) is 11.7. The molecule has 14 nitrogen and oxygen atoms in total. The zero-order valence-corrected chi connectivity index (χ0v) is 29.2. The Hall–Kier alpha value is -2.30. The van der Waals surface area contributed by atoms with Crippen LogP contribution in [-0.2, 0) is 42.9 Å². The lowest BCUT2D eigenvalue weighted by Gasteiger charge is -2.28. The van der Waals surface area contributed by atoms with Gasteiger partial charge in [-0.15, -0.1) is 0 Å². The van der Waals surface area contributed by atoms with Crippen LogP contribution in [-0.4, -0.2) is 87.7 Å². The van der Waals surface area contributed by atoms with Gasteiger partial charge in [-0.2, -0.15) is 0 Å². The van der Waals surface area contributed by atoms with Crippen molar-refractivity contribution in [2.24, 2.45) is 0 Å². The van der Waals surface area contributed by atoms with Gasteiger partial charge in [0.25, 0.3) is 17.7 Å². The zero-order chi connectivity index (χ0) is 31.4. The molecule has 0 spiro atoms. The van der Waals surface area contributed by atoms with Crippen LogP contribution in [0.5, 0.6) is 0 Å². The summed E-state index contributed by atoms with van der Waals surface area (Å²) in [6, 6.07) is 0. The molecule has 0 heterocycles. The Bertz CT molecular complexity index is 1220. The third kappa shape index (κ3) is 11.5. The van der Waals surface area contributed by atoms with Gasteiger partial charge in [-0.25, -0.2) is 0 Å². The van der Waals surface area contributed by atoms with Crippen molar-refractivity contribution in [3.63, 3.8) is 0 Å². The van der Waals surface area contributed by atoms with E-state index in [-0.39, 0.29) is 50.3 Å². The van der Waals surface area contributed by atoms with Gasteiger partial charge in [0.05, 0.1) is 37.0 Å². The lowest BCUT2D eigenvalue weighted by Crippen LogP contribution is -2.41. The monoisotopic (exact) mass is 915 g/mol. The summed E-state index contributed by atoms with van der Waals surface area (Å²) in [7, 11) is 1.40. The zero-order valence-electron chi connectivity index (χ0n) is 22.7. The highest BCUT2D eigenvalue weighted by atomic mass is 127. The van der Waals surface area contributed by atoms with E-state index in [1.807, 2.05) is 67.8 Å². The van der Waals surface area contributed by atoms with E-state index in [0.717, 1.165) is 18.7 Å². The summed E-state index contributed by atoms with van der Waals surface area (Å²) in [6.45, 7) is 3.06. The summed E-state index contributed by atoms with van der Waals surface area (Å²) < 4.78 is 20.7. The van der Waals surface area contributed by atoms with Gasteiger partial charge >= 0.3 is 23.9 Å². The van der Waals surface area contributed by atoms with Crippen molar-refractivity contribution in [1.82, 2.24) is 10.6 Å². The van der Waals surface area contributed by atoms with Gasteiger partial charge < -0.3 is 34.5 Å². The molecule has 0 bridgehead atoms. The van der Waals surface area contributed by atoms with Crippen LogP contribution in [0.15, 0.2) is 0 Å². The maximum absolute atomic E-state index is 13.5.